The zero-order chi connectivity index (χ0) is 21.8. The van der Waals surface area contributed by atoms with Crippen molar-refractivity contribution in [2.24, 2.45) is 7.05 Å². The maximum Gasteiger partial charge on any atom is 0.266 e. The smallest absolute Gasteiger partial charge is 0.266 e. The van der Waals surface area contributed by atoms with E-state index in [1.807, 2.05) is 18.2 Å². The summed E-state index contributed by atoms with van der Waals surface area (Å²) < 4.78 is 7.14. The van der Waals surface area contributed by atoms with Crippen molar-refractivity contribution in [1.29, 1.82) is 0 Å². The molecule has 1 N–H and O–H groups in total. The van der Waals surface area contributed by atoms with Crippen molar-refractivity contribution in [3.05, 3.63) is 89.0 Å². The Morgan fingerprint density at radius 2 is 1.77 bits per heavy atom. The Morgan fingerprint density at radius 1 is 0.935 bits per heavy atom. The SMILES string of the molecule is Cc1ncc(C(=O)Nc2ccc(Oc3ccnc(-c4ccccn4)c3)cn2)c(=O)n1C. The minimum Gasteiger partial charge on any atom is -0.456 e. The van der Waals surface area contributed by atoms with E-state index in [9.17, 15) is 9.59 Å². The number of nitrogens with one attached hydrogen (secondary N) is 1. The largest absolute Gasteiger partial charge is 0.456 e. The Kier molecular flexibility index (Phi) is 5.48. The van der Waals surface area contributed by atoms with E-state index in [-0.39, 0.29) is 11.4 Å². The Balaban J connectivity index is 1.46. The zero-order valence-corrected chi connectivity index (χ0v) is 16.8. The lowest BCUT2D eigenvalue weighted by Crippen LogP contribution is -2.29. The predicted octanol–water partition coefficient (Wildman–Crippen LogP) is 2.99. The number of anilines is 1. The van der Waals surface area contributed by atoms with Gasteiger partial charge in [0.25, 0.3) is 11.5 Å². The van der Waals surface area contributed by atoms with E-state index in [1.54, 1.807) is 50.6 Å². The number of amides is 1. The monoisotopic (exact) mass is 414 g/mol. The molecular formula is C22H18N6O3. The third-order valence-electron chi connectivity index (χ3n) is 4.52. The van der Waals surface area contributed by atoms with Crippen LogP contribution in [0.15, 0.2) is 72.0 Å². The number of aromatic nitrogens is 5. The number of nitrogens with zero attached hydrogens (tertiary/aromatic N) is 5. The zero-order valence-electron chi connectivity index (χ0n) is 16.8. The molecule has 0 unspecified atom stereocenters. The van der Waals surface area contributed by atoms with Gasteiger partial charge in [0.1, 0.15) is 28.7 Å². The van der Waals surface area contributed by atoms with Crippen LogP contribution in [0.4, 0.5) is 5.82 Å². The van der Waals surface area contributed by atoms with E-state index in [0.29, 0.717) is 23.0 Å². The topological polar surface area (TPSA) is 112 Å². The molecule has 0 aliphatic heterocycles. The molecule has 4 heterocycles. The number of aryl methyl sites for hydroxylation is 1. The number of rotatable bonds is 5. The summed E-state index contributed by atoms with van der Waals surface area (Å²) in [6, 6.07) is 12.3. The molecule has 4 aromatic rings. The Morgan fingerprint density at radius 3 is 2.52 bits per heavy atom. The Hall–Kier alpha value is -4.40. The lowest BCUT2D eigenvalue weighted by atomic mass is 10.2. The van der Waals surface area contributed by atoms with Crippen LogP contribution in [0.2, 0.25) is 0 Å². The summed E-state index contributed by atoms with van der Waals surface area (Å²) in [5.41, 5.74) is 0.935. The first kappa shape index (κ1) is 19.9. The molecule has 0 bridgehead atoms. The van der Waals surface area contributed by atoms with Gasteiger partial charge in [-0.15, -0.1) is 0 Å². The van der Waals surface area contributed by atoms with Crippen LogP contribution in [0.5, 0.6) is 11.5 Å². The number of pyridine rings is 3. The first-order valence-corrected chi connectivity index (χ1v) is 9.36. The molecule has 31 heavy (non-hydrogen) atoms. The van der Waals surface area contributed by atoms with Crippen molar-refractivity contribution in [3.63, 3.8) is 0 Å². The lowest BCUT2D eigenvalue weighted by molar-refractivity contribution is 0.102. The van der Waals surface area contributed by atoms with Crippen LogP contribution in [-0.4, -0.2) is 30.4 Å². The van der Waals surface area contributed by atoms with Crippen LogP contribution in [-0.2, 0) is 7.05 Å². The summed E-state index contributed by atoms with van der Waals surface area (Å²) in [5, 5.41) is 2.59. The standard InChI is InChI=1S/C22H18N6O3/c1-14-25-13-17(22(30)28(14)2)21(29)27-20-7-6-16(12-26-20)31-15-8-10-24-19(11-15)18-5-3-4-9-23-18/h3-13H,1-2H3,(H,26,27,29). The Bertz CT molecular complexity index is 1290. The van der Waals surface area contributed by atoms with Crippen LogP contribution in [0.1, 0.15) is 16.2 Å². The summed E-state index contributed by atoms with van der Waals surface area (Å²) in [7, 11) is 1.56. The molecule has 9 nitrogen and oxygen atoms in total. The second-order valence-electron chi connectivity index (χ2n) is 6.61. The number of ether oxygens (including phenoxy) is 1. The van der Waals surface area contributed by atoms with E-state index >= 15 is 0 Å². The fourth-order valence-electron chi connectivity index (χ4n) is 2.75. The molecular weight excluding hydrogens is 396 g/mol. The van der Waals surface area contributed by atoms with Crippen LogP contribution in [0.3, 0.4) is 0 Å². The first-order chi connectivity index (χ1) is 15.0. The van der Waals surface area contributed by atoms with Gasteiger partial charge in [-0.3, -0.25) is 24.1 Å². The molecule has 4 aromatic heterocycles. The van der Waals surface area contributed by atoms with Gasteiger partial charge in [0, 0.05) is 31.7 Å². The van der Waals surface area contributed by atoms with Gasteiger partial charge in [-0.1, -0.05) is 6.07 Å². The second kappa shape index (κ2) is 8.54. The fraction of sp³-hybridized carbons (Fsp3) is 0.0909. The average Bonchev–Trinajstić information content (AvgIpc) is 2.79. The highest BCUT2D eigenvalue weighted by atomic mass is 16.5. The Labute approximate surface area is 177 Å². The highest BCUT2D eigenvalue weighted by Crippen LogP contribution is 2.24. The second-order valence-corrected chi connectivity index (χ2v) is 6.61. The molecule has 9 heteroatoms. The molecule has 0 saturated heterocycles. The van der Waals surface area contributed by atoms with Crippen LogP contribution < -0.4 is 15.6 Å². The average molecular weight is 414 g/mol. The third-order valence-corrected chi connectivity index (χ3v) is 4.52. The summed E-state index contributed by atoms with van der Waals surface area (Å²) in [6.07, 6.45) is 6.07. The molecule has 154 valence electrons. The molecule has 0 spiro atoms. The maximum absolute atomic E-state index is 12.4. The molecule has 0 fully saturated rings. The molecule has 0 aliphatic rings. The van der Waals surface area contributed by atoms with Gasteiger partial charge in [-0.25, -0.2) is 9.97 Å². The molecule has 0 atom stereocenters. The van der Waals surface area contributed by atoms with Crippen molar-refractivity contribution in [3.8, 4) is 22.9 Å². The minimum absolute atomic E-state index is 0.0611. The molecule has 4 rings (SSSR count). The van der Waals surface area contributed by atoms with Gasteiger partial charge < -0.3 is 10.1 Å². The maximum atomic E-state index is 12.4. The summed E-state index contributed by atoms with van der Waals surface area (Å²) in [4.78, 5) is 41.4. The normalized spacial score (nSPS) is 10.5. The van der Waals surface area contributed by atoms with Crippen molar-refractivity contribution >= 4 is 11.7 Å². The number of hydrogen-bond acceptors (Lipinski definition) is 7. The van der Waals surface area contributed by atoms with Crippen molar-refractivity contribution in [2.75, 3.05) is 5.32 Å². The van der Waals surface area contributed by atoms with E-state index in [1.165, 1.54) is 17.0 Å². The van der Waals surface area contributed by atoms with Gasteiger partial charge in [0.15, 0.2) is 0 Å². The minimum atomic E-state index is -0.580. The summed E-state index contributed by atoms with van der Waals surface area (Å²) >= 11 is 0. The van der Waals surface area contributed by atoms with Gasteiger partial charge in [0.2, 0.25) is 0 Å². The summed E-state index contributed by atoms with van der Waals surface area (Å²) in [5.74, 6) is 1.27. The molecule has 0 aliphatic carbocycles. The quantitative estimate of drug-likeness (QED) is 0.534. The number of hydrogen-bond donors (Lipinski definition) is 1. The van der Waals surface area contributed by atoms with Crippen LogP contribution in [0.25, 0.3) is 11.4 Å². The van der Waals surface area contributed by atoms with Crippen molar-refractivity contribution in [1.82, 2.24) is 24.5 Å². The van der Waals surface area contributed by atoms with E-state index in [0.717, 1.165) is 5.69 Å². The van der Waals surface area contributed by atoms with E-state index < -0.39 is 11.5 Å². The molecule has 0 radical (unpaired) electrons. The lowest BCUT2D eigenvalue weighted by Gasteiger charge is -2.09. The van der Waals surface area contributed by atoms with E-state index in [4.69, 9.17) is 4.74 Å². The highest BCUT2D eigenvalue weighted by Gasteiger charge is 2.14. The van der Waals surface area contributed by atoms with Crippen LogP contribution in [0, 0.1) is 6.92 Å². The first-order valence-electron chi connectivity index (χ1n) is 9.36. The van der Waals surface area contributed by atoms with Gasteiger partial charge >= 0.3 is 0 Å². The van der Waals surface area contributed by atoms with Gasteiger partial charge in [-0.2, -0.15) is 0 Å². The van der Waals surface area contributed by atoms with Gasteiger partial charge in [0.05, 0.1) is 17.6 Å². The van der Waals surface area contributed by atoms with Crippen molar-refractivity contribution in [2.45, 2.75) is 6.92 Å². The fourth-order valence-corrected chi connectivity index (χ4v) is 2.75. The number of carbonyl (C=O) groups is 1. The van der Waals surface area contributed by atoms with E-state index in [2.05, 4.69) is 25.3 Å². The molecule has 0 aromatic carbocycles. The van der Waals surface area contributed by atoms with Crippen molar-refractivity contribution < 1.29 is 9.53 Å². The number of carbonyl (C=O) groups excluding carboxylic acids is 1. The molecule has 0 saturated carbocycles. The van der Waals surface area contributed by atoms with Crippen LogP contribution >= 0.6 is 0 Å². The molecule has 1 amide bonds. The third kappa shape index (κ3) is 4.45. The predicted molar refractivity (Wildman–Crippen MR) is 114 cm³/mol. The summed E-state index contributed by atoms with van der Waals surface area (Å²) in [6.45, 7) is 1.69. The van der Waals surface area contributed by atoms with Gasteiger partial charge in [-0.05, 0) is 37.3 Å². The highest BCUT2D eigenvalue weighted by molar-refractivity contribution is 6.03.